The van der Waals surface area contributed by atoms with Gasteiger partial charge in [-0.25, -0.2) is 0 Å². The van der Waals surface area contributed by atoms with Crippen molar-refractivity contribution in [1.82, 2.24) is 4.90 Å². The lowest BCUT2D eigenvalue weighted by Crippen LogP contribution is -2.55. The van der Waals surface area contributed by atoms with Crippen molar-refractivity contribution in [2.24, 2.45) is 11.8 Å². The summed E-state index contributed by atoms with van der Waals surface area (Å²) < 4.78 is 0. The molecule has 0 aromatic carbocycles. The van der Waals surface area contributed by atoms with Gasteiger partial charge in [0.15, 0.2) is 0 Å². The number of carbonyl (C=O) groups excluding carboxylic acids is 1. The lowest BCUT2D eigenvalue weighted by atomic mass is 9.83. The number of likely N-dealkylation sites (tertiary alicyclic amines) is 1. The van der Waals surface area contributed by atoms with Crippen LogP contribution in [-0.4, -0.2) is 35.0 Å². The van der Waals surface area contributed by atoms with Crippen molar-refractivity contribution >= 4 is 11.9 Å². The topological polar surface area (TPSA) is 57.6 Å². The van der Waals surface area contributed by atoms with Gasteiger partial charge in [0, 0.05) is 19.0 Å². The maximum absolute atomic E-state index is 11.5. The molecule has 13 heavy (non-hydrogen) atoms. The molecule has 0 spiro atoms. The number of nitrogens with zero attached hydrogens (tertiary/aromatic N) is 1. The zero-order valence-corrected chi connectivity index (χ0v) is 7.40. The van der Waals surface area contributed by atoms with E-state index in [1.54, 1.807) is 4.90 Å². The molecular formula is C9H13NO3. The summed E-state index contributed by atoms with van der Waals surface area (Å²) >= 11 is 0. The Bertz CT molecular complexity index is 241. The molecule has 2 fully saturated rings. The van der Waals surface area contributed by atoms with Crippen LogP contribution in [0.5, 0.6) is 0 Å². The summed E-state index contributed by atoms with van der Waals surface area (Å²) in [6, 6.07) is 0. The highest BCUT2D eigenvalue weighted by atomic mass is 16.4. The van der Waals surface area contributed by atoms with E-state index in [9.17, 15) is 9.59 Å². The minimum absolute atomic E-state index is 0.170. The summed E-state index contributed by atoms with van der Waals surface area (Å²) in [4.78, 5) is 23.6. The number of rotatable bonds is 2. The summed E-state index contributed by atoms with van der Waals surface area (Å²) in [7, 11) is 0. The Hall–Kier alpha value is -1.06. The van der Waals surface area contributed by atoms with Crippen molar-refractivity contribution in [3.05, 3.63) is 0 Å². The Morgan fingerprint density at radius 1 is 1.15 bits per heavy atom. The van der Waals surface area contributed by atoms with E-state index in [1.807, 2.05) is 0 Å². The van der Waals surface area contributed by atoms with Gasteiger partial charge in [-0.3, -0.25) is 9.59 Å². The number of carboxylic acid groups (broad SMARTS) is 1. The van der Waals surface area contributed by atoms with Gasteiger partial charge >= 0.3 is 5.97 Å². The number of hydrogen-bond donors (Lipinski definition) is 1. The first kappa shape index (κ1) is 8.53. The lowest BCUT2D eigenvalue weighted by molar-refractivity contribution is -0.155. The monoisotopic (exact) mass is 183 g/mol. The molecule has 1 aliphatic heterocycles. The maximum Gasteiger partial charge on any atom is 0.310 e. The van der Waals surface area contributed by atoms with Crippen LogP contribution < -0.4 is 0 Å². The fourth-order valence-electron chi connectivity index (χ4n) is 1.73. The summed E-state index contributed by atoms with van der Waals surface area (Å²) in [5.41, 5.74) is 0. The van der Waals surface area contributed by atoms with Crippen LogP contribution in [0.15, 0.2) is 0 Å². The zero-order chi connectivity index (χ0) is 9.42. The third kappa shape index (κ3) is 1.41. The van der Waals surface area contributed by atoms with Gasteiger partial charge in [0.2, 0.25) is 5.91 Å². The fourth-order valence-corrected chi connectivity index (χ4v) is 1.73. The molecule has 4 nitrogen and oxygen atoms in total. The van der Waals surface area contributed by atoms with Crippen LogP contribution in [0.4, 0.5) is 0 Å². The Morgan fingerprint density at radius 3 is 2.15 bits per heavy atom. The van der Waals surface area contributed by atoms with E-state index in [1.165, 1.54) is 0 Å². The third-order valence-electron chi connectivity index (χ3n) is 3.00. The number of carboxylic acids is 1. The minimum atomic E-state index is -0.780. The fraction of sp³-hybridized carbons (Fsp3) is 0.778. The number of hydrogen-bond acceptors (Lipinski definition) is 2. The molecule has 0 unspecified atom stereocenters. The normalized spacial score (nSPS) is 23.5. The van der Waals surface area contributed by atoms with Gasteiger partial charge in [-0.1, -0.05) is 6.42 Å². The summed E-state index contributed by atoms with van der Waals surface area (Å²) in [6.45, 7) is 0.843. The Kier molecular flexibility index (Phi) is 1.98. The second-order valence-electron chi connectivity index (χ2n) is 3.91. The van der Waals surface area contributed by atoms with Gasteiger partial charge in [-0.15, -0.1) is 0 Å². The Balaban J connectivity index is 1.79. The van der Waals surface area contributed by atoms with Crippen LogP contribution in [0.3, 0.4) is 0 Å². The quantitative estimate of drug-likeness (QED) is 0.671. The second-order valence-corrected chi connectivity index (χ2v) is 3.91. The molecular weight excluding hydrogens is 170 g/mol. The van der Waals surface area contributed by atoms with Crippen LogP contribution in [0.2, 0.25) is 0 Å². The molecule has 1 saturated carbocycles. The number of amides is 1. The molecule has 0 radical (unpaired) electrons. The Morgan fingerprint density at radius 2 is 1.77 bits per heavy atom. The molecule has 0 atom stereocenters. The first-order valence-electron chi connectivity index (χ1n) is 4.70. The van der Waals surface area contributed by atoms with Crippen LogP contribution in [0, 0.1) is 11.8 Å². The van der Waals surface area contributed by atoms with Gasteiger partial charge in [-0.2, -0.15) is 0 Å². The van der Waals surface area contributed by atoms with Gasteiger partial charge in [0.1, 0.15) is 0 Å². The van der Waals surface area contributed by atoms with Crippen LogP contribution in [-0.2, 0) is 9.59 Å². The van der Waals surface area contributed by atoms with Crippen molar-refractivity contribution in [2.75, 3.05) is 13.1 Å². The van der Waals surface area contributed by atoms with E-state index in [0.29, 0.717) is 13.1 Å². The summed E-state index contributed by atoms with van der Waals surface area (Å²) in [6.07, 6.45) is 3.13. The lowest BCUT2D eigenvalue weighted by Gasteiger charge is -2.40. The molecule has 0 aromatic heterocycles. The van der Waals surface area contributed by atoms with Gasteiger partial charge in [0.25, 0.3) is 0 Å². The van der Waals surface area contributed by atoms with E-state index in [4.69, 9.17) is 5.11 Å². The smallest absolute Gasteiger partial charge is 0.310 e. The first-order chi connectivity index (χ1) is 6.18. The number of carbonyl (C=O) groups is 2. The standard InChI is InChI=1S/C9H13NO3/c11-8(6-2-1-3-6)10-4-7(5-10)9(12)13/h6-7H,1-5H2,(H,12,13). The van der Waals surface area contributed by atoms with E-state index in [2.05, 4.69) is 0 Å². The molecule has 1 aliphatic carbocycles. The molecule has 1 heterocycles. The average molecular weight is 183 g/mol. The average Bonchev–Trinajstić information content (AvgIpc) is 1.76. The van der Waals surface area contributed by atoms with Crippen LogP contribution in [0.25, 0.3) is 0 Å². The van der Waals surface area contributed by atoms with Crippen LogP contribution in [0.1, 0.15) is 19.3 Å². The summed E-state index contributed by atoms with van der Waals surface area (Å²) in [5.74, 6) is -0.722. The third-order valence-corrected chi connectivity index (χ3v) is 3.00. The predicted molar refractivity (Wildman–Crippen MR) is 45.0 cm³/mol. The van der Waals surface area contributed by atoms with E-state index in [-0.39, 0.29) is 17.7 Å². The van der Waals surface area contributed by atoms with Crippen molar-refractivity contribution in [1.29, 1.82) is 0 Å². The van der Waals surface area contributed by atoms with E-state index >= 15 is 0 Å². The number of aliphatic carboxylic acids is 1. The molecule has 4 heteroatoms. The van der Waals surface area contributed by atoms with Crippen molar-refractivity contribution in [3.63, 3.8) is 0 Å². The van der Waals surface area contributed by atoms with Crippen molar-refractivity contribution < 1.29 is 14.7 Å². The minimum Gasteiger partial charge on any atom is -0.481 e. The van der Waals surface area contributed by atoms with Gasteiger partial charge in [-0.05, 0) is 12.8 Å². The molecule has 0 aromatic rings. The first-order valence-corrected chi connectivity index (χ1v) is 4.70. The second kappa shape index (κ2) is 3.01. The zero-order valence-electron chi connectivity index (χ0n) is 7.40. The SMILES string of the molecule is O=C(O)C1CN(C(=O)C2CCC2)C1. The molecule has 72 valence electrons. The molecule has 2 rings (SSSR count). The molecule has 0 bridgehead atoms. The molecule has 1 N–H and O–H groups in total. The molecule has 1 saturated heterocycles. The summed E-state index contributed by atoms with van der Waals surface area (Å²) in [5, 5.41) is 8.60. The largest absolute Gasteiger partial charge is 0.481 e. The molecule has 2 aliphatic rings. The van der Waals surface area contributed by atoms with Crippen LogP contribution >= 0.6 is 0 Å². The molecule has 1 amide bonds. The van der Waals surface area contributed by atoms with Crippen molar-refractivity contribution in [2.45, 2.75) is 19.3 Å². The van der Waals surface area contributed by atoms with Crippen molar-refractivity contribution in [3.8, 4) is 0 Å². The predicted octanol–water partition coefficient (Wildman–Crippen LogP) is 0.329. The Labute approximate surface area is 76.5 Å². The van der Waals surface area contributed by atoms with Gasteiger partial charge in [0.05, 0.1) is 5.92 Å². The highest BCUT2D eigenvalue weighted by Gasteiger charge is 2.39. The maximum atomic E-state index is 11.5. The van der Waals surface area contributed by atoms with E-state index in [0.717, 1.165) is 19.3 Å². The highest BCUT2D eigenvalue weighted by Crippen LogP contribution is 2.30. The van der Waals surface area contributed by atoms with Gasteiger partial charge < -0.3 is 10.0 Å². The van der Waals surface area contributed by atoms with E-state index < -0.39 is 5.97 Å². The highest BCUT2D eigenvalue weighted by molar-refractivity contribution is 5.83.